The van der Waals surface area contributed by atoms with Gasteiger partial charge in [-0.1, -0.05) is 0 Å². The van der Waals surface area contributed by atoms with E-state index in [4.69, 9.17) is 14.7 Å². The van der Waals surface area contributed by atoms with Crippen LogP contribution in [0.5, 0.6) is 0 Å². The lowest BCUT2D eigenvalue weighted by molar-refractivity contribution is -0.337. The van der Waals surface area contributed by atoms with Crippen LogP contribution in [-0.4, -0.2) is 56.6 Å². The lowest BCUT2D eigenvalue weighted by Crippen LogP contribution is -2.70. The van der Waals surface area contributed by atoms with Crippen molar-refractivity contribution < 1.29 is 17.9 Å². The molecule has 35 heavy (non-hydrogen) atoms. The summed E-state index contributed by atoms with van der Waals surface area (Å²) in [5, 5.41) is 4.50. The second kappa shape index (κ2) is 6.96. The molecule has 4 heterocycles. The van der Waals surface area contributed by atoms with Gasteiger partial charge in [-0.25, -0.2) is 9.97 Å². The number of aromatic amines is 1. The molecule has 2 bridgehead atoms. The molecule has 0 unspecified atom stereocenters. The van der Waals surface area contributed by atoms with Crippen molar-refractivity contribution in [2.45, 2.75) is 74.6 Å². The van der Waals surface area contributed by atoms with Crippen molar-refractivity contribution in [3.63, 3.8) is 0 Å². The first-order chi connectivity index (χ1) is 16.7. The topological polar surface area (TPSA) is 84.8 Å². The molecule has 0 spiro atoms. The third kappa shape index (κ3) is 3.16. The highest BCUT2D eigenvalue weighted by Crippen LogP contribution is 2.78. The van der Waals surface area contributed by atoms with Gasteiger partial charge in [-0.15, -0.1) is 0 Å². The SMILES string of the molecule is CN(C)c1nc2nc([C@H]3CCO[C@@H](c4cnn(C5CC5)c4)C3)nc(C34CC(C(F)(F)F)(C3)C4)c2[nH]1. The number of aromatic nitrogens is 6. The quantitative estimate of drug-likeness (QED) is 0.568. The molecule has 0 radical (unpaired) electrons. The number of halogens is 3. The number of alkyl halides is 3. The molecule has 3 aromatic rings. The van der Waals surface area contributed by atoms with Gasteiger partial charge >= 0.3 is 6.18 Å². The Morgan fingerprint density at radius 1 is 1.11 bits per heavy atom. The molecule has 2 atom stereocenters. The fourth-order valence-electron chi connectivity index (χ4n) is 6.34. The molecule has 0 aromatic carbocycles. The van der Waals surface area contributed by atoms with Crippen molar-refractivity contribution in [3.05, 3.63) is 29.5 Å². The third-order valence-electron chi connectivity index (χ3n) is 8.48. The normalized spacial score (nSPS) is 32.4. The van der Waals surface area contributed by atoms with Crippen LogP contribution in [0, 0.1) is 5.41 Å². The first-order valence-electron chi connectivity index (χ1n) is 12.3. The average Bonchev–Trinajstić information content (AvgIpc) is 3.30. The summed E-state index contributed by atoms with van der Waals surface area (Å²) >= 11 is 0. The van der Waals surface area contributed by atoms with Gasteiger partial charge in [0.2, 0.25) is 5.95 Å². The minimum atomic E-state index is -4.16. The number of hydrogen-bond donors (Lipinski definition) is 1. The minimum absolute atomic E-state index is 0.0459. The Morgan fingerprint density at radius 3 is 2.57 bits per heavy atom. The molecule has 3 aromatic heterocycles. The zero-order valence-electron chi connectivity index (χ0n) is 19.8. The molecule has 5 fully saturated rings. The molecule has 4 aliphatic carbocycles. The summed E-state index contributed by atoms with van der Waals surface area (Å²) in [6.45, 7) is 0.576. The van der Waals surface area contributed by atoms with Crippen molar-refractivity contribution in [2.24, 2.45) is 5.41 Å². The lowest BCUT2D eigenvalue weighted by Gasteiger charge is -2.70. The summed E-state index contributed by atoms with van der Waals surface area (Å²) in [6, 6.07) is 0.509. The van der Waals surface area contributed by atoms with E-state index >= 15 is 0 Å². The number of nitrogens with zero attached hydrogens (tertiary/aromatic N) is 6. The highest BCUT2D eigenvalue weighted by molar-refractivity contribution is 5.78. The van der Waals surface area contributed by atoms with Gasteiger partial charge in [0.25, 0.3) is 0 Å². The smallest absolute Gasteiger partial charge is 0.373 e. The van der Waals surface area contributed by atoms with Crippen LogP contribution >= 0.6 is 0 Å². The van der Waals surface area contributed by atoms with E-state index in [1.807, 2.05) is 29.9 Å². The van der Waals surface area contributed by atoms with Crippen LogP contribution in [0.3, 0.4) is 0 Å². The van der Waals surface area contributed by atoms with Gasteiger partial charge in [-0.05, 0) is 44.9 Å². The van der Waals surface area contributed by atoms with Crippen LogP contribution in [0.15, 0.2) is 12.4 Å². The predicted octanol–water partition coefficient (Wildman–Crippen LogP) is 4.57. The Labute approximate surface area is 200 Å². The highest BCUT2D eigenvalue weighted by Gasteiger charge is 2.79. The summed E-state index contributed by atoms with van der Waals surface area (Å²) in [7, 11) is 3.74. The van der Waals surface area contributed by atoms with E-state index in [9.17, 15) is 13.2 Å². The fourth-order valence-corrected chi connectivity index (χ4v) is 6.34. The zero-order chi connectivity index (χ0) is 24.2. The lowest BCUT2D eigenvalue weighted by atomic mass is 9.34. The molecule has 0 amide bonds. The second-order valence-corrected chi connectivity index (χ2v) is 11.2. The van der Waals surface area contributed by atoms with Crippen molar-refractivity contribution >= 4 is 17.1 Å². The van der Waals surface area contributed by atoms with E-state index in [0.717, 1.165) is 12.0 Å². The number of ether oxygens (including phenoxy) is 1. The maximum atomic E-state index is 13.6. The van der Waals surface area contributed by atoms with E-state index in [2.05, 4.69) is 21.3 Å². The summed E-state index contributed by atoms with van der Waals surface area (Å²) in [4.78, 5) is 19.5. The number of anilines is 1. The average molecular weight is 488 g/mol. The van der Waals surface area contributed by atoms with Crippen LogP contribution in [0.2, 0.25) is 0 Å². The maximum absolute atomic E-state index is 13.6. The van der Waals surface area contributed by atoms with Crippen molar-refractivity contribution in [3.8, 4) is 0 Å². The highest BCUT2D eigenvalue weighted by atomic mass is 19.4. The molecule has 4 saturated carbocycles. The van der Waals surface area contributed by atoms with Crippen LogP contribution in [0.1, 0.15) is 80.1 Å². The number of hydrogen-bond acceptors (Lipinski definition) is 6. The maximum Gasteiger partial charge on any atom is 0.394 e. The van der Waals surface area contributed by atoms with Crippen LogP contribution in [-0.2, 0) is 10.2 Å². The minimum Gasteiger partial charge on any atom is -0.373 e. The van der Waals surface area contributed by atoms with E-state index in [1.165, 1.54) is 12.8 Å². The first kappa shape index (κ1) is 21.6. The van der Waals surface area contributed by atoms with Crippen LogP contribution in [0.4, 0.5) is 19.1 Å². The summed E-state index contributed by atoms with van der Waals surface area (Å²) in [6.07, 6.45) is 3.82. The monoisotopic (exact) mass is 487 g/mol. The van der Waals surface area contributed by atoms with E-state index in [-0.39, 0.29) is 31.3 Å². The Bertz CT molecular complexity index is 1290. The van der Waals surface area contributed by atoms with Crippen LogP contribution in [0.25, 0.3) is 11.2 Å². The molecular formula is C24H28F3N7O. The van der Waals surface area contributed by atoms with Gasteiger partial charge in [0.1, 0.15) is 11.3 Å². The predicted molar refractivity (Wildman–Crippen MR) is 121 cm³/mol. The Hall–Kier alpha value is -2.69. The van der Waals surface area contributed by atoms with Gasteiger partial charge in [0.15, 0.2) is 5.65 Å². The van der Waals surface area contributed by atoms with E-state index in [1.54, 1.807) is 0 Å². The Morgan fingerprint density at radius 2 is 1.89 bits per heavy atom. The Kier molecular flexibility index (Phi) is 4.29. The van der Waals surface area contributed by atoms with Crippen LogP contribution < -0.4 is 4.90 Å². The number of fused-ring (bicyclic) bond motifs is 1. The molecule has 186 valence electrons. The number of H-pyrrole nitrogens is 1. The zero-order valence-corrected chi connectivity index (χ0v) is 19.8. The molecule has 1 aliphatic heterocycles. The molecule has 1 N–H and O–H groups in total. The summed E-state index contributed by atoms with van der Waals surface area (Å²) < 4.78 is 48.8. The van der Waals surface area contributed by atoms with Gasteiger partial charge < -0.3 is 14.6 Å². The Balaban J connectivity index is 1.22. The first-order valence-corrected chi connectivity index (χ1v) is 12.3. The largest absolute Gasteiger partial charge is 0.394 e. The van der Waals surface area contributed by atoms with Gasteiger partial charge in [-0.2, -0.15) is 23.3 Å². The second-order valence-electron chi connectivity index (χ2n) is 11.2. The molecular weight excluding hydrogens is 459 g/mol. The number of nitrogens with one attached hydrogen (secondary N) is 1. The standard InChI is InChI=1S/C24H28F3N7O/c1-33(2)21-29-17-18(22-10-23(11-22,12-22)24(25,26)27)30-19(31-20(17)32-21)13-5-6-35-16(7-13)14-8-28-34(9-14)15-3-4-15/h8-9,13,15-16H,3-7,10-12H2,1-2H3,(H,29,30,31,32)/t13-,16+,22?,23?/m0/s1. The van der Waals surface area contributed by atoms with Gasteiger partial charge in [0, 0.05) is 43.8 Å². The molecule has 5 aliphatic rings. The number of rotatable bonds is 5. The van der Waals surface area contributed by atoms with E-state index in [0.29, 0.717) is 47.7 Å². The fraction of sp³-hybridized carbons (Fsp3) is 0.667. The van der Waals surface area contributed by atoms with Crippen molar-refractivity contribution in [1.82, 2.24) is 29.7 Å². The third-order valence-corrected chi connectivity index (χ3v) is 8.48. The molecule has 8 rings (SSSR count). The number of imidazole rings is 1. The summed E-state index contributed by atoms with van der Waals surface area (Å²) in [5.74, 6) is 1.34. The van der Waals surface area contributed by atoms with Crippen molar-refractivity contribution in [1.29, 1.82) is 0 Å². The van der Waals surface area contributed by atoms with Crippen molar-refractivity contribution in [2.75, 3.05) is 25.6 Å². The van der Waals surface area contributed by atoms with Gasteiger partial charge in [-0.3, -0.25) is 4.68 Å². The van der Waals surface area contributed by atoms with E-state index < -0.39 is 17.0 Å². The van der Waals surface area contributed by atoms with Gasteiger partial charge in [0.05, 0.1) is 29.5 Å². The summed E-state index contributed by atoms with van der Waals surface area (Å²) in [5.41, 5.74) is 0.877. The molecule has 8 nitrogen and oxygen atoms in total. The molecule has 1 saturated heterocycles. The molecule has 11 heteroatoms.